The number of nitrogen functional groups attached to an aromatic ring is 1. The average Bonchev–Trinajstić information content (AvgIpc) is 2.18. The van der Waals surface area contributed by atoms with Gasteiger partial charge >= 0.3 is 0 Å². The molecule has 0 fully saturated rings. The zero-order chi connectivity index (χ0) is 10.1. The van der Waals surface area contributed by atoms with Crippen molar-refractivity contribution in [2.75, 3.05) is 5.43 Å². The molecule has 1 aromatic carbocycles. The number of aryl methyl sites for hydroxylation is 1. The molecule has 3 nitrogen and oxygen atoms in total. The molecule has 2 rings (SSSR count). The van der Waals surface area contributed by atoms with Gasteiger partial charge in [-0.15, -0.1) is 0 Å². The van der Waals surface area contributed by atoms with E-state index in [1.54, 1.807) is 0 Å². The molecule has 1 aliphatic rings. The van der Waals surface area contributed by atoms with Crippen molar-refractivity contribution in [3.63, 3.8) is 0 Å². The molecular weight excluding hydrogens is 176 g/mol. The average molecular weight is 192 g/mol. The van der Waals surface area contributed by atoms with Gasteiger partial charge in [-0.05, 0) is 43.9 Å². The van der Waals surface area contributed by atoms with Crippen LogP contribution in [-0.2, 0) is 6.42 Å². The SMILES string of the molecule is Cc1ccc(NN)c2c1CCC(C)O2. The molecule has 0 aromatic heterocycles. The molecule has 76 valence electrons. The maximum Gasteiger partial charge on any atom is 0.147 e. The number of rotatable bonds is 1. The highest BCUT2D eigenvalue weighted by Crippen LogP contribution is 2.36. The highest BCUT2D eigenvalue weighted by Gasteiger charge is 2.20. The van der Waals surface area contributed by atoms with Gasteiger partial charge in [-0.1, -0.05) is 6.07 Å². The lowest BCUT2D eigenvalue weighted by Crippen LogP contribution is -2.21. The fourth-order valence-electron chi connectivity index (χ4n) is 1.89. The van der Waals surface area contributed by atoms with Crippen LogP contribution >= 0.6 is 0 Å². The predicted octanol–water partition coefficient (Wildman–Crippen LogP) is 1.99. The second kappa shape index (κ2) is 3.50. The third-order valence-electron chi connectivity index (χ3n) is 2.77. The van der Waals surface area contributed by atoms with Crippen LogP contribution in [0, 0.1) is 6.92 Å². The first-order valence-corrected chi connectivity index (χ1v) is 4.98. The molecule has 3 heteroatoms. The lowest BCUT2D eigenvalue weighted by atomic mass is 9.97. The summed E-state index contributed by atoms with van der Waals surface area (Å²) in [5.41, 5.74) is 6.14. The fraction of sp³-hybridized carbons (Fsp3) is 0.455. The standard InChI is InChI=1S/C11H16N2O/c1-7-3-6-10(13-12)11-9(7)5-4-8(2)14-11/h3,6,8,13H,4-5,12H2,1-2H3. The van der Waals surface area contributed by atoms with Crippen LogP contribution in [0.4, 0.5) is 5.69 Å². The summed E-state index contributed by atoms with van der Waals surface area (Å²) >= 11 is 0. The minimum atomic E-state index is 0.288. The van der Waals surface area contributed by atoms with E-state index in [2.05, 4.69) is 25.3 Å². The van der Waals surface area contributed by atoms with Crippen molar-refractivity contribution >= 4 is 5.69 Å². The summed E-state index contributed by atoms with van der Waals surface area (Å²) in [7, 11) is 0. The molecule has 1 heterocycles. The van der Waals surface area contributed by atoms with E-state index in [9.17, 15) is 0 Å². The molecule has 1 atom stereocenters. The van der Waals surface area contributed by atoms with Gasteiger partial charge in [-0.25, -0.2) is 0 Å². The lowest BCUT2D eigenvalue weighted by molar-refractivity contribution is 0.193. The van der Waals surface area contributed by atoms with Crippen LogP contribution in [0.1, 0.15) is 24.5 Å². The zero-order valence-electron chi connectivity index (χ0n) is 8.63. The van der Waals surface area contributed by atoms with Gasteiger partial charge in [-0.2, -0.15) is 0 Å². The molecule has 0 radical (unpaired) electrons. The number of benzene rings is 1. The second-order valence-corrected chi connectivity index (χ2v) is 3.85. The number of hydrazine groups is 1. The van der Waals surface area contributed by atoms with Crippen molar-refractivity contribution in [2.45, 2.75) is 32.8 Å². The molecule has 0 amide bonds. The number of anilines is 1. The quantitative estimate of drug-likeness (QED) is 0.528. The molecule has 1 aromatic rings. The first-order valence-electron chi connectivity index (χ1n) is 4.98. The Hall–Kier alpha value is -1.22. The Kier molecular flexibility index (Phi) is 2.33. The Morgan fingerprint density at radius 1 is 1.50 bits per heavy atom. The van der Waals surface area contributed by atoms with E-state index >= 15 is 0 Å². The number of hydrogen-bond acceptors (Lipinski definition) is 3. The van der Waals surface area contributed by atoms with E-state index in [0.29, 0.717) is 0 Å². The summed E-state index contributed by atoms with van der Waals surface area (Å²) in [5, 5.41) is 0. The van der Waals surface area contributed by atoms with Gasteiger partial charge in [0.2, 0.25) is 0 Å². The van der Waals surface area contributed by atoms with Crippen molar-refractivity contribution in [1.82, 2.24) is 0 Å². The van der Waals surface area contributed by atoms with Crippen molar-refractivity contribution in [3.05, 3.63) is 23.3 Å². The van der Waals surface area contributed by atoms with Crippen LogP contribution in [-0.4, -0.2) is 6.10 Å². The smallest absolute Gasteiger partial charge is 0.147 e. The third kappa shape index (κ3) is 1.44. The summed E-state index contributed by atoms with van der Waals surface area (Å²) in [6.07, 6.45) is 2.45. The first kappa shape index (κ1) is 9.34. The van der Waals surface area contributed by atoms with E-state index in [-0.39, 0.29) is 6.10 Å². The highest BCUT2D eigenvalue weighted by molar-refractivity contribution is 5.62. The highest BCUT2D eigenvalue weighted by atomic mass is 16.5. The normalized spacial score (nSPS) is 19.8. The van der Waals surface area contributed by atoms with E-state index in [0.717, 1.165) is 24.3 Å². The Labute approximate surface area is 84.2 Å². The predicted molar refractivity (Wildman–Crippen MR) is 57.4 cm³/mol. The molecule has 0 saturated carbocycles. The molecule has 0 saturated heterocycles. The van der Waals surface area contributed by atoms with Crippen molar-refractivity contribution in [2.24, 2.45) is 5.84 Å². The van der Waals surface area contributed by atoms with E-state index < -0.39 is 0 Å². The van der Waals surface area contributed by atoms with Gasteiger partial charge in [0, 0.05) is 0 Å². The monoisotopic (exact) mass is 192 g/mol. The summed E-state index contributed by atoms with van der Waals surface area (Å²) in [6.45, 7) is 4.20. The molecule has 1 aliphatic heterocycles. The number of nitrogens with one attached hydrogen (secondary N) is 1. The van der Waals surface area contributed by atoms with Gasteiger partial charge in [0.05, 0.1) is 11.8 Å². The van der Waals surface area contributed by atoms with Gasteiger partial charge in [0.15, 0.2) is 0 Å². The molecule has 0 aliphatic carbocycles. The largest absolute Gasteiger partial charge is 0.488 e. The van der Waals surface area contributed by atoms with E-state index in [1.807, 2.05) is 6.07 Å². The van der Waals surface area contributed by atoms with Crippen molar-refractivity contribution < 1.29 is 4.74 Å². The van der Waals surface area contributed by atoms with Gasteiger partial charge in [0.25, 0.3) is 0 Å². The molecule has 14 heavy (non-hydrogen) atoms. The van der Waals surface area contributed by atoms with E-state index in [4.69, 9.17) is 10.6 Å². The maximum atomic E-state index is 5.79. The van der Waals surface area contributed by atoms with Crippen LogP contribution in [0.15, 0.2) is 12.1 Å². The van der Waals surface area contributed by atoms with Crippen molar-refractivity contribution in [1.29, 1.82) is 0 Å². The summed E-state index contributed by atoms with van der Waals surface area (Å²) in [6, 6.07) is 4.04. The Balaban J connectivity index is 2.49. The number of nitrogens with two attached hydrogens (primary N) is 1. The minimum Gasteiger partial charge on any atom is -0.488 e. The maximum absolute atomic E-state index is 5.79. The fourth-order valence-corrected chi connectivity index (χ4v) is 1.89. The van der Waals surface area contributed by atoms with Gasteiger partial charge in [-0.3, -0.25) is 5.84 Å². The lowest BCUT2D eigenvalue weighted by Gasteiger charge is -2.26. The van der Waals surface area contributed by atoms with Crippen LogP contribution in [0.3, 0.4) is 0 Å². The zero-order valence-corrected chi connectivity index (χ0v) is 8.63. The molecule has 0 spiro atoms. The van der Waals surface area contributed by atoms with Crippen LogP contribution in [0.2, 0.25) is 0 Å². The Morgan fingerprint density at radius 2 is 2.29 bits per heavy atom. The van der Waals surface area contributed by atoms with Crippen LogP contribution < -0.4 is 16.0 Å². The van der Waals surface area contributed by atoms with Gasteiger partial charge < -0.3 is 10.2 Å². The number of ether oxygens (including phenoxy) is 1. The Bertz CT molecular complexity index is 349. The van der Waals surface area contributed by atoms with Crippen LogP contribution in [0.5, 0.6) is 5.75 Å². The first-order chi connectivity index (χ1) is 6.72. The molecule has 1 unspecified atom stereocenters. The number of fused-ring (bicyclic) bond motifs is 1. The molecule has 0 bridgehead atoms. The Morgan fingerprint density at radius 3 is 3.00 bits per heavy atom. The van der Waals surface area contributed by atoms with Crippen molar-refractivity contribution in [3.8, 4) is 5.75 Å². The summed E-state index contributed by atoms with van der Waals surface area (Å²) in [4.78, 5) is 0. The molecule has 3 N–H and O–H groups in total. The summed E-state index contributed by atoms with van der Waals surface area (Å²) < 4.78 is 5.79. The molecular formula is C11H16N2O. The second-order valence-electron chi connectivity index (χ2n) is 3.85. The summed E-state index contributed by atoms with van der Waals surface area (Å²) in [5.74, 6) is 6.38. The topological polar surface area (TPSA) is 47.3 Å². The van der Waals surface area contributed by atoms with E-state index in [1.165, 1.54) is 11.1 Å². The minimum absolute atomic E-state index is 0.288. The van der Waals surface area contributed by atoms with Gasteiger partial charge in [0.1, 0.15) is 5.75 Å². The van der Waals surface area contributed by atoms with Crippen LogP contribution in [0.25, 0.3) is 0 Å². The number of hydrogen-bond donors (Lipinski definition) is 2. The third-order valence-corrected chi connectivity index (χ3v) is 2.77.